The summed E-state index contributed by atoms with van der Waals surface area (Å²) in [5, 5.41) is 19.5. The molecule has 2 heterocycles. The van der Waals surface area contributed by atoms with E-state index in [-0.39, 0.29) is 73.9 Å². The maximum absolute atomic E-state index is 13.7. The van der Waals surface area contributed by atoms with Gasteiger partial charge >= 0.3 is 12.3 Å². The largest absolute Gasteiger partial charge is 0.511 e. The van der Waals surface area contributed by atoms with Crippen LogP contribution in [0.3, 0.4) is 0 Å². The van der Waals surface area contributed by atoms with E-state index in [2.05, 4.69) is 30.8 Å². The minimum absolute atomic E-state index is 0.0406. The molecule has 0 saturated carbocycles. The maximum atomic E-state index is 13.7. The number of ketones is 1. The molecule has 1 saturated heterocycles. The molecule has 1 unspecified atom stereocenters. The quantitative estimate of drug-likeness (QED) is 0.0605. The fourth-order valence-electron chi connectivity index (χ4n) is 8.52. The zero-order valence-electron chi connectivity index (χ0n) is 35.6. The van der Waals surface area contributed by atoms with Crippen LogP contribution in [0, 0.1) is 12.0 Å². The van der Waals surface area contributed by atoms with E-state index in [0.29, 0.717) is 48.0 Å². The highest BCUT2D eigenvalue weighted by atomic mass is 16.5. The first-order chi connectivity index (χ1) is 30.3. The normalized spacial score (nSPS) is 17.4. The molecule has 7 rings (SSSR count). The molecule has 4 N–H and O–H groups in total. The van der Waals surface area contributed by atoms with Crippen LogP contribution in [-0.4, -0.2) is 102 Å². The number of alkyl carbamates (subject to hydrolysis) is 1. The number of nitrogens with zero attached hydrogens (tertiary/aromatic N) is 4. The number of hydrogen-bond acceptors (Lipinski definition) is 10. The molecule has 3 aliphatic rings. The van der Waals surface area contributed by atoms with Crippen molar-refractivity contribution in [3.63, 3.8) is 0 Å². The first-order valence-electron chi connectivity index (χ1n) is 21.2. The number of aliphatic hydroxyl groups is 1. The fourth-order valence-corrected chi connectivity index (χ4v) is 8.52. The molecular formula is C48H51N7O8. The number of carbonyl (C=O) groups is 5. The summed E-state index contributed by atoms with van der Waals surface area (Å²) in [7, 11) is 0. The van der Waals surface area contributed by atoms with Crippen LogP contribution in [0.1, 0.15) is 80.3 Å². The molecule has 63 heavy (non-hydrogen) atoms. The highest BCUT2D eigenvalue weighted by Gasteiger charge is 2.35. The molecule has 1 fully saturated rings. The Hall–Kier alpha value is -7.08. The van der Waals surface area contributed by atoms with Gasteiger partial charge in [0.25, 0.3) is 5.91 Å². The molecular weight excluding hydrogens is 803 g/mol. The molecule has 4 aromatic rings. The van der Waals surface area contributed by atoms with Gasteiger partial charge in [0.15, 0.2) is 5.78 Å². The van der Waals surface area contributed by atoms with Gasteiger partial charge < -0.3 is 30.5 Å². The van der Waals surface area contributed by atoms with Gasteiger partial charge in [0.05, 0.1) is 36.3 Å². The zero-order valence-corrected chi connectivity index (χ0v) is 35.6. The van der Waals surface area contributed by atoms with Gasteiger partial charge in [-0.15, -0.1) is 0 Å². The van der Waals surface area contributed by atoms with E-state index >= 15 is 0 Å². The number of fused-ring (bicyclic) bond motifs is 4. The van der Waals surface area contributed by atoms with Crippen LogP contribution in [0.2, 0.25) is 0 Å². The van der Waals surface area contributed by atoms with Crippen LogP contribution < -0.4 is 20.7 Å². The number of carbonyl (C=O) groups excluding carboxylic acids is 5. The van der Waals surface area contributed by atoms with E-state index in [9.17, 15) is 29.1 Å². The topological polar surface area (TPSA) is 193 Å². The average molecular weight is 854 g/mol. The van der Waals surface area contributed by atoms with Crippen LogP contribution in [0.4, 0.5) is 4.79 Å². The van der Waals surface area contributed by atoms with Gasteiger partial charge in [0, 0.05) is 55.6 Å². The molecule has 326 valence electrons. The Morgan fingerprint density at radius 2 is 1.75 bits per heavy atom. The fraction of sp³-hybridized carbons (Fsp3) is 0.375. The predicted molar refractivity (Wildman–Crippen MR) is 236 cm³/mol. The van der Waals surface area contributed by atoms with Crippen molar-refractivity contribution < 1.29 is 38.6 Å². The third kappa shape index (κ3) is 10.2. The number of ether oxygens (including phenoxy) is 2. The Morgan fingerprint density at radius 3 is 2.46 bits per heavy atom. The number of nitrogens with one attached hydrogen (secondary N) is 3. The first-order valence-corrected chi connectivity index (χ1v) is 21.2. The number of amides is 4. The smallest absolute Gasteiger partial charge is 0.407 e. The number of aromatic nitrogens is 1. The maximum Gasteiger partial charge on any atom is 0.407 e. The lowest BCUT2D eigenvalue weighted by atomic mass is 9.76. The van der Waals surface area contributed by atoms with Crippen molar-refractivity contribution in [3.8, 4) is 16.9 Å². The van der Waals surface area contributed by atoms with Gasteiger partial charge in [-0.25, -0.2) is 11.4 Å². The number of Topliss-reactive ketones (excluding diaryl/α,β-unsaturated/α-hetero) is 1. The van der Waals surface area contributed by atoms with Crippen LogP contribution in [0.25, 0.3) is 26.9 Å². The molecule has 15 nitrogen and oxygen atoms in total. The second-order valence-electron chi connectivity index (χ2n) is 16.8. The Balaban J connectivity index is 0.963. The van der Waals surface area contributed by atoms with Crippen molar-refractivity contribution >= 4 is 46.2 Å². The highest BCUT2D eigenvalue weighted by Crippen LogP contribution is 2.44. The van der Waals surface area contributed by atoms with Crippen LogP contribution in [-0.2, 0) is 19.1 Å². The SMILES string of the molecule is [C-]#[N+]C1CCCN1C(=O)CNC(=O)c1ccnc2ccc(OCCCNC(=O)[C@@H](CN=C(C)C3=C(O)CC(C)(C)CC3=O)NC(=O)OCC3c4ccccc4-c4ccccc43)cc12. The first kappa shape index (κ1) is 44.0. The number of hydrogen-bond donors (Lipinski definition) is 4. The van der Waals surface area contributed by atoms with Crippen molar-refractivity contribution in [2.45, 2.75) is 71.0 Å². The molecule has 3 aromatic carbocycles. The van der Waals surface area contributed by atoms with E-state index in [1.807, 2.05) is 62.4 Å². The van der Waals surface area contributed by atoms with E-state index in [0.717, 1.165) is 28.7 Å². The second kappa shape index (κ2) is 19.3. The summed E-state index contributed by atoms with van der Waals surface area (Å²) in [6.45, 7) is 13.2. The molecule has 4 amide bonds. The van der Waals surface area contributed by atoms with Crippen molar-refractivity contribution in [1.82, 2.24) is 25.8 Å². The van der Waals surface area contributed by atoms with Crippen LogP contribution in [0.5, 0.6) is 5.75 Å². The molecule has 0 bridgehead atoms. The Bertz CT molecular complexity index is 2500. The monoisotopic (exact) mass is 853 g/mol. The lowest BCUT2D eigenvalue weighted by Crippen LogP contribution is -2.49. The molecule has 1 aliphatic heterocycles. The van der Waals surface area contributed by atoms with Crippen LogP contribution in [0.15, 0.2) is 95.3 Å². The minimum atomic E-state index is -1.17. The number of aliphatic imine (C=N–C) groups is 1. The third-order valence-corrected chi connectivity index (χ3v) is 11.6. The standard InChI is InChI=1S/C48H51N7O8/c1-29(44-40(56)24-48(2,3)25-41(44)57)52-26-39(54-47(61)63-28-37-33-13-7-5-11-31(33)32-12-6-8-14-34(32)37)46(60)51-19-10-22-62-30-16-17-38-36(23-30)35(18-20-50-38)45(59)53-27-43(58)55-21-9-15-42(55)49-4/h5-8,11-14,16-18,20,23,37,39,42,56H,9-10,15,19,21-22,24-28H2,1-3H3,(H,51,60)(H,53,59)(H,54,61)/t39-,42?/m1/s1. The zero-order chi connectivity index (χ0) is 44.7. The number of allylic oxidation sites excluding steroid dienone is 2. The lowest BCUT2D eigenvalue weighted by molar-refractivity contribution is -0.130. The number of likely N-dealkylation sites (tertiary alicyclic amines) is 1. The van der Waals surface area contributed by atoms with Crippen molar-refractivity contribution in [3.05, 3.63) is 118 Å². The van der Waals surface area contributed by atoms with E-state index in [1.165, 1.54) is 11.1 Å². The number of rotatable bonds is 15. The van der Waals surface area contributed by atoms with Gasteiger partial charge in [-0.1, -0.05) is 62.4 Å². The van der Waals surface area contributed by atoms with Gasteiger partial charge in [-0.3, -0.25) is 38.9 Å². The summed E-state index contributed by atoms with van der Waals surface area (Å²) < 4.78 is 11.7. The van der Waals surface area contributed by atoms with E-state index in [1.54, 1.807) is 31.2 Å². The molecule has 1 aromatic heterocycles. The number of pyridine rings is 1. The Labute approximate surface area is 365 Å². The van der Waals surface area contributed by atoms with Gasteiger partial charge in [-0.2, -0.15) is 0 Å². The molecule has 0 radical (unpaired) electrons. The Morgan fingerprint density at radius 1 is 1.02 bits per heavy atom. The molecule has 2 atom stereocenters. The molecule has 0 spiro atoms. The van der Waals surface area contributed by atoms with Gasteiger partial charge in [0.2, 0.25) is 11.8 Å². The summed E-state index contributed by atoms with van der Waals surface area (Å²) in [6.07, 6.45) is 2.50. The summed E-state index contributed by atoms with van der Waals surface area (Å²) >= 11 is 0. The predicted octanol–water partition coefficient (Wildman–Crippen LogP) is 6.29. The average Bonchev–Trinajstić information content (AvgIpc) is 3.88. The molecule has 2 aliphatic carbocycles. The number of benzene rings is 3. The Kier molecular flexibility index (Phi) is 13.5. The van der Waals surface area contributed by atoms with Gasteiger partial charge in [-0.05, 0) is 71.7 Å². The summed E-state index contributed by atoms with van der Waals surface area (Å²) in [6, 6.07) is 21.5. The van der Waals surface area contributed by atoms with Crippen molar-refractivity contribution in [2.75, 3.05) is 39.4 Å². The van der Waals surface area contributed by atoms with E-state index < -0.39 is 35.5 Å². The second-order valence-corrected chi connectivity index (χ2v) is 16.8. The van der Waals surface area contributed by atoms with Crippen LogP contribution >= 0.6 is 0 Å². The molecule has 15 heteroatoms. The minimum Gasteiger partial charge on any atom is -0.511 e. The summed E-state index contributed by atoms with van der Waals surface area (Å²) in [5.41, 5.74) is 5.11. The highest BCUT2D eigenvalue weighted by molar-refractivity contribution is 6.22. The summed E-state index contributed by atoms with van der Waals surface area (Å²) in [5.74, 6) is -1.32. The van der Waals surface area contributed by atoms with Crippen molar-refractivity contribution in [2.24, 2.45) is 10.4 Å². The summed E-state index contributed by atoms with van der Waals surface area (Å²) in [4.78, 5) is 79.8. The third-order valence-electron chi connectivity index (χ3n) is 11.6. The lowest BCUT2D eigenvalue weighted by Gasteiger charge is -2.29. The van der Waals surface area contributed by atoms with Crippen molar-refractivity contribution in [1.29, 1.82) is 0 Å². The van der Waals surface area contributed by atoms with E-state index in [4.69, 9.17) is 16.0 Å². The number of aliphatic hydroxyl groups excluding tert-OH is 1. The van der Waals surface area contributed by atoms with Gasteiger partial charge in [0.1, 0.15) is 24.2 Å².